The lowest BCUT2D eigenvalue weighted by Crippen LogP contribution is -2.53. The molecule has 0 aliphatic carbocycles. The molecule has 8 heteroatoms. The molecular weight excluding hydrogens is 306 g/mol. The van der Waals surface area contributed by atoms with Crippen molar-refractivity contribution in [3.8, 4) is 12.0 Å². The van der Waals surface area contributed by atoms with Crippen molar-refractivity contribution in [2.24, 2.45) is 9.98 Å². The van der Waals surface area contributed by atoms with Gasteiger partial charge in [0.15, 0.2) is 5.17 Å². The Morgan fingerprint density at radius 2 is 2.27 bits per heavy atom. The molecule has 0 spiro atoms. The molecule has 0 amide bonds. The molecule has 22 heavy (non-hydrogen) atoms. The highest BCUT2D eigenvalue weighted by molar-refractivity contribution is 8.13. The quantitative estimate of drug-likeness (QED) is 0.241. The third-order valence-corrected chi connectivity index (χ3v) is 3.40. The predicted molar refractivity (Wildman–Crippen MR) is 85.8 cm³/mol. The highest BCUT2D eigenvalue weighted by Gasteiger charge is 2.30. The minimum atomic E-state index is -0.401. The third-order valence-electron chi connectivity index (χ3n) is 2.86. The van der Waals surface area contributed by atoms with Crippen LogP contribution < -0.4 is 0 Å². The number of nitrogens with zero attached hydrogens (tertiary/aromatic N) is 3. The van der Waals surface area contributed by atoms with E-state index in [4.69, 9.17) is 9.47 Å². The number of esters is 1. The zero-order chi connectivity index (χ0) is 16.4. The van der Waals surface area contributed by atoms with Crippen molar-refractivity contribution >= 4 is 35.0 Å². The number of rotatable bonds is 5. The van der Waals surface area contributed by atoms with Gasteiger partial charge in [-0.05, 0) is 13.2 Å². The van der Waals surface area contributed by atoms with E-state index in [0.717, 1.165) is 6.29 Å². The molecule has 0 aromatic carbocycles. The van der Waals surface area contributed by atoms with Gasteiger partial charge in [-0.2, -0.15) is 4.99 Å². The van der Waals surface area contributed by atoms with Gasteiger partial charge in [-0.25, -0.2) is 4.99 Å². The van der Waals surface area contributed by atoms with Crippen molar-refractivity contribution in [1.82, 2.24) is 4.90 Å². The Kier molecular flexibility index (Phi) is 8.25. The van der Waals surface area contributed by atoms with Crippen molar-refractivity contribution in [3.63, 3.8) is 0 Å². The molecule has 7 nitrogen and oxygen atoms in total. The molecule has 1 rings (SSSR count). The lowest BCUT2D eigenvalue weighted by atomic mass is 10.2. The van der Waals surface area contributed by atoms with Gasteiger partial charge in [-0.3, -0.25) is 4.79 Å². The number of aliphatic imine (C=N–C) groups is 2. The minimum Gasteiger partial charge on any atom is -0.468 e. The Morgan fingerprint density at radius 3 is 2.73 bits per heavy atom. The molecule has 1 saturated heterocycles. The van der Waals surface area contributed by atoms with Gasteiger partial charge in [0.2, 0.25) is 0 Å². The zero-order valence-electron chi connectivity index (χ0n) is 12.9. The number of amidine groups is 2. The minimum absolute atomic E-state index is 0.00170. The highest BCUT2D eigenvalue weighted by Crippen LogP contribution is 2.14. The first-order chi connectivity index (χ1) is 10.7. The second-order valence-corrected chi connectivity index (χ2v) is 5.03. The maximum absolute atomic E-state index is 11.6. The van der Waals surface area contributed by atoms with E-state index in [1.165, 1.54) is 18.9 Å². The molecule has 0 radical (unpaired) electrons. The maximum Gasteiger partial charge on any atom is 0.325 e. The van der Waals surface area contributed by atoms with Crippen LogP contribution in [0, 0.1) is 12.0 Å². The normalized spacial score (nSPS) is 15.4. The molecule has 0 saturated carbocycles. The summed E-state index contributed by atoms with van der Waals surface area (Å²) in [7, 11) is 1.32. The van der Waals surface area contributed by atoms with Crippen LogP contribution in [-0.2, 0) is 19.1 Å². The number of hydrogen-bond acceptors (Lipinski definition) is 6. The molecule has 1 aliphatic heterocycles. The largest absolute Gasteiger partial charge is 0.468 e. The monoisotopic (exact) mass is 325 g/mol. The fourth-order valence-electron chi connectivity index (χ4n) is 1.67. The molecule has 0 aromatic rings. The molecule has 0 N–H and O–H groups in total. The molecule has 0 atom stereocenters. The number of carbonyl (C=O) groups excluding carboxylic acids is 2. The van der Waals surface area contributed by atoms with E-state index in [9.17, 15) is 9.59 Å². The van der Waals surface area contributed by atoms with Crippen LogP contribution in [0.4, 0.5) is 0 Å². The van der Waals surface area contributed by atoms with Gasteiger partial charge in [0.1, 0.15) is 18.7 Å². The molecule has 120 valence electrons. The Hall–Kier alpha value is -1.85. The van der Waals surface area contributed by atoms with Crippen molar-refractivity contribution in [3.05, 3.63) is 0 Å². The van der Waals surface area contributed by atoms with Gasteiger partial charge in [0.25, 0.3) is 0 Å². The Labute approximate surface area is 134 Å². The summed E-state index contributed by atoms with van der Waals surface area (Å²) in [4.78, 5) is 32.7. The van der Waals surface area contributed by atoms with Gasteiger partial charge >= 0.3 is 5.97 Å². The lowest BCUT2D eigenvalue weighted by molar-refractivity contribution is -0.143. The van der Waals surface area contributed by atoms with Crippen LogP contribution in [0.15, 0.2) is 9.98 Å². The standard InChI is InChI=1S/C14H19N3O4S/c1-4-6-15-14(22-3)16-12(5-7-18)17(8-13(19)20-2)11-9-21-10-11/h7,11H,5,8-10H2,1-3H3/b15-14+,16-12+. The third kappa shape index (κ3) is 5.50. The summed E-state index contributed by atoms with van der Waals surface area (Å²) in [6, 6.07) is 2.58. The topological polar surface area (TPSA) is 80.6 Å². The van der Waals surface area contributed by atoms with E-state index in [2.05, 4.69) is 21.9 Å². The van der Waals surface area contributed by atoms with Gasteiger partial charge in [-0.15, -0.1) is 0 Å². The van der Waals surface area contributed by atoms with Crippen LogP contribution in [0.1, 0.15) is 13.3 Å². The smallest absolute Gasteiger partial charge is 0.325 e. The molecule has 1 fully saturated rings. The van der Waals surface area contributed by atoms with E-state index in [1.807, 2.05) is 6.26 Å². The first kappa shape index (κ1) is 18.2. The summed E-state index contributed by atoms with van der Waals surface area (Å²) in [5, 5.41) is 0.432. The highest BCUT2D eigenvalue weighted by atomic mass is 32.2. The molecule has 0 aromatic heterocycles. The molecule has 1 heterocycles. The van der Waals surface area contributed by atoms with E-state index in [1.54, 1.807) is 11.8 Å². The van der Waals surface area contributed by atoms with Crippen LogP contribution in [0.2, 0.25) is 0 Å². The summed E-state index contributed by atoms with van der Waals surface area (Å²) in [5.74, 6) is 2.71. The van der Waals surface area contributed by atoms with E-state index in [0.29, 0.717) is 24.2 Å². The van der Waals surface area contributed by atoms with Crippen molar-refractivity contribution in [1.29, 1.82) is 0 Å². The molecule has 0 unspecified atom stereocenters. The number of hydrogen-bond donors (Lipinski definition) is 0. The summed E-state index contributed by atoms with van der Waals surface area (Å²) >= 11 is 1.31. The number of carbonyl (C=O) groups is 2. The first-order valence-electron chi connectivity index (χ1n) is 6.62. The van der Waals surface area contributed by atoms with Gasteiger partial charge in [-0.1, -0.05) is 17.7 Å². The number of aldehydes is 1. The Balaban J connectivity index is 3.06. The predicted octanol–water partition coefficient (Wildman–Crippen LogP) is 0.548. The Morgan fingerprint density at radius 1 is 1.55 bits per heavy atom. The second-order valence-electron chi connectivity index (χ2n) is 4.25. The second kappa shape index (κ2) is 9.97. The van der Waals surface area contributed by atoms with Crippen LogP contribution in [0.5, 0.6) is 0 Å². The fourth-order valence-corrected chi connectivity index (χ4v) is 2.00. The van der Waals surface area contributed by atoms with Crippen LogP contribution in [-0.4, -0.2) is 67.3 Å². The van der Waals surface area contributed by atoms with Gasteiger partial charge < -0.3 is 19.2 Å². The molecular formula is C14H19N3O4S. The number of ether oxygens (including phenoxy) is 2. The first-order valence-corrected chi connectivity index (χ1v) is 7.84. The van der Waals surface area contributed by atoms with E-state index < -0.39 is 5.97 Å². The van der Waals surface area contributed by atoms with Gasteiger partial charge in [0, 0.05) is 6.04 Å². The summed E-state index contributed by atoms with van der Waals surface area (Å²) < 4.78 is 9.86. The van der Waals surface area contributed by atoms with Crippen LogP contribution in [0.25, 0.3) is 0 Å². The van der Waals surface area contributed by atoms with Crippen LogP contribution >= 0.6 is 11.8 Å². The van der Waals surface area contributed by atoms with Crippen molar-refractivity contribution in [2.75, 3.05) is 33.1 Å². The van der Waals surface area contributed by atoms with E-state index in [-0.39, 0.29) is 19.0 Å². The van der Waals surface area contributed by atoms with Crippen molar-refractivity contribution in [2.45, 2.75) is 19.4 Å². The molecule has 1 aliphatic rings. The van der Waals surface area contributed by atoms with Crippen LogP contribution in [0.3, 0.4) is 0 Å². The average Bonchev–Trinajstić information content (AvgIpc) is 2.47. The Bertz CT molecular complexity index is 518. The fraction of sp³-hybridized carbons (Fsp3) is 0.571. The van der Waals surface area contributed by atoms with Gasteiger partial charge in [0.05, 0.1) is 32.8 Å². The molecule has 0 bridgehead atoms. The van der Waals surface area contributed by atoms with Crippen molar-refractivity contribution < 1.29 is 19.1 Å². The number of methoxy groups -OCH3 is 1. The average molecular weight is 325 g/mol. The SMILES string of the molecule is CC#C/N=C(\N=C(/CC=O)N(CC(=O)OC)C1COC1)SC. The van der Waals surface area contributed by atoms with E-state index >= 15 is 0 Å². The number of thioether (sulfide) groups is 1. The summed E-state index contributed by atoms with van der Waals surface area (Å²) in [5.41, 5.74) is 0. The lowest BCUT2D eigenvalue weighted by Gasteiger charge is -2.38. The zero-order valence-corrected chi connectivity index (χ0v) is 13.7. The summed E-state index contributed by atoms with van der Waals surface area (Å²) in [6.07, 6.45) is 2.63. The summed E-state index contributed by atoms with van der Waals surface area (Å²) in [6.45, 7) is 2.65. The maximum atomic E-state index is 11.6.